The molecule has 23 heavy (non-hydrogen) atoms. The van der Waals surface area contributed by atoms with Crippen molar-refractivity contribution in [2.24, 2.45) is 0 Å². The van der Waals surface area contributed by atoms with E-state index < -0.39 is 14.3 Å². The molecule has 0 aliphatic heterocycles. The molecule has 118 valence electrons. The van der Waals surface area contributed by atoms with Crippen LogP contribution in [0.5, 0.6) is 0 Å². The van der Waals surface area contributed by atoms with Crippen LogP contribution in [0, 0.1) is 0 Å². The minimum atomic E-state index is -2.91. The largest absolute Gasteiger partial charge is 0.506 e. The van der Waals surface area contributed by atoms with E-state index in [4.69, 9.17) is 4.43 Å². The molecule has 0 fully saturated rings. The van der Waals surface area contributed by atoms with Crippen LogP contribution in [0.25, 0.3) is 0 Å². The van der Waals surface area contributed by atoms with E-state index in [0.29, 0.717) is 0 Å². The van der Waals surface area contributed by atoms with Gasteiger partial charge in [-0.15, -0.1) is 0 Å². The Morgan fingerprint density at radius 1 is 0.957 bits per heavy atom. The highest BCUT2D eigenvalue weighted by Crippen LogP contribution is 2.36. The lowest BCUT2D eigenvalue weighted by molar-refractivity contribution is -0.129. The summed E-state index contributed by atoms with van der Waals surface area (Å²) in [6.07, 6.45) is 0.819. The summed E-state index contributed by atoms with van der Waals surface area (Å²) >= 11 is 0. The number of hydrogen-bond donors (Lipinski definition) is 0. The number of benzene rings is 2. The average molecular weight is 324 g/mol. The van der Waals surface area contributed by atoms with Crippen LogP contribution in [0.15, 0.2) is 66.7 Å². The maximum Gasteiger partial charge on any atom is 0.329 e. The van der Waals surface area contributed by atoms with Gasteiger partial charge in [-0.2, -0.15) is 0 Å². The number of hydrogen-bond acceptors (Lipinski definition) is 3. The first-order valence-electron chi connectivity index (χ1n) is 7.47. The summed E-state index contributed by atoms with van der Waals surface area (Å²) in [5, 5.41) is 1.68. The summed E-state index contributed by atoms with van der Waals surface area (Å²) in [7, 11) is -2.91. The van der Waals surface area contributed by atoms with E-state index in [2.05, 4.69) is 20.8 Å². The van der Waals surface area contributed by atoms with E-state index in [-0.39, 0.29) is 5.04 Å². The smallest absolute Gasteiger partial charge is 0.329 e. The molecule has 0 unspecified atom stereocenters. The minimum Gasteiger partial charge on any atom is -0.506 e. The maximum atomic E-state index is 12.1. The van der Waals surface area contributed by atoms with Gasteiger partial charge < -0.3 is 4.43 Å². The summed E-state index contributed by atoms with van der Waals surface area (Å²) in [5.41, 5.74) is 0. The Bertz CT molecular complexity index is 672. The van der Waals surface area contributed by atoms with Crippen molar-refractivity contribution in [2.45, 2.75) is 25.8 Å². The van der Waals surface area contributed by atoms with Gasteiger partial charge in [-0.25, -0.2) is 9.59 Å². The Labute approximate surface area is 137 Å². The molecular formula is C19H20O3Si. The van der Waals surface area contributed by atoms with Crippen molar-refractivity contribution < 1.29 is 14.0 Å². The zero-order chi connectivity index (χ0) is 16.9. The monoisotopic (exact) mass is 324 g/mol. The van der Waals surface area contributed by atoms with Crippen molar-refractivity contribution in [3.8, 4) is 0 Å². The molecule has 4 heteroatoms. The van der Waals surface area contributed by atoms with Gasteiger partial charge in [0.15, 0.2) is 0 Å². The molecule has 0 N–H and O–H groups in total. The molecule has 0 amide bonds. The zero-order valence-electron chi connectivity index (χ0n) is 13.6. The van der Waals surface area contributed by atoms with Gasteiger partial charge in [0.2, 0.25) is 0 Å². The second kappa shape index (κ2) is 6.78. The van der Waals surface area contributed by atoms with Crippen molar-refractivity contribution in [1.29, 1.82) is 0 Å². The van der Waals surface area contributed by atoms with Gasteiger partial charge in [0.1, 0.15) is 12.0 Å². The quantitative estimate of drug-likeness (QED) is 0.493. The van der Waals surface area contributed by atoms with Crippen molar-refractivity contribution in [3.63, 3.8) is 0 Å². The predicted molar refractivity (Wildman–Crippen MR) is 94.0 cm³/mol. The van der Waals surface area contributed by atoms with Crippen LogP contribution in [0.1, 0.15) is 20.8 Å². The van der Waals surface area contributed by atoms with E-state index in [1.807, 2.05) is 60.7 Å². The summed E-state index contributed by atoms with van der Waals surface area (Å²) in [6.45, 7) is 6.20. The molecule has 0 saturated carbocycles. The Kier molecular flexibility index (Phi) is 4.99. The lowest BCUT2D eigenvalue weighted by Crippen LogP contribution is -2.67. The van der Waals surface area contributed by atoms with Crippen LogP contribution in [-0.2, 0) is 14.0 Å². The predicted octanol–water partition coefficient (Wildman–Crippen LogP) is 2.48. The van der Waals surface area contributed by atoms with E-state index in [1.54, 1.807) is 0 Å². The molecule has 0 aromatic heterocycles. The Hall–Kier alpha value is -2.42. The standard InChI is InChI=1S/C19H20O3Si/c1-19(2,3)23(22-18(21)14-15-20,16-10-6-4-7-11-16)17-12-8-5-9-13-17/h4-14H,1-3H3. The van der Waals surface area contributed by atoms with E-state index in [1.165, 1.54) is 5.94 Å². The Morgan fingerprint density at radius 2 is 1.39 bits per heavy atom. The van der Waals surface area contributed by atoms with Gasteiger partial charge in [0.05, 0.1) is 0 Å². The van der Waals surface area contributed by atoms with Gasteiger partial charge >= 0.3 is 14.3 Å². The fourth-order valence-corrected chi connectivity index (χ4v) is 7.17. The fourth-order valence-electron chi connectivity index (χ4n) is 2.88. The summed E-state index contributed by atoms with van der Waals surface area (Å²) in [4.78, 5) is 22.7. The van der Waals surface area contributed by atoms with Crippen molar-refractivity contribution in [2.75, 3.05) is 0 Å². The lowest BCUT2D eigenvalue weighted by Gasteiger charge is -2.41. The van der Waals surface area contributed by atoms with Crippen LogP contribution >= 0.6 is 0 Å². The topological polar surface area (TPSA) is 43.4 Å². The number of rotatable bonds is 4. The highest BCUT2D eigenvalue weighted by Gasteiger charge is 2.52. The Morgan fingerprint density at radius 3 is 1.74 bits per heavy atom. The molecule has 0 aliphatic carbocycles. The first kappa shape index (κ1) is 16.9. The third-order valence-electron chi connectivity index (χ3n) is 3.85. The lowest BCUT2D eigenvalue weighted by atomic mass is 10.2. The fraction of sp³-hybridized carbons (Fsp3) is 0.211. The van der Waals surface area contributed by atoms with Gasteiger partial charge in [-0.1, -0.05) is 81.4 Å². The molecule has 0 heterocycles. The molecular weight excluding hydrogens is 304 g/mol. The highest BCUT2D eigenvalue weighted by atomic mass is 28.4. The summed E-state index contributed by atoms with van der Waals surface area (Å²) in [5.74, 6) is 0.873. The highest BCUT2D eigenvalue weighted by molar-refractivity contribution is 7.00. The molecule has 0 spiro atoms. The van der Waals surface area contributed by atoms with Crippen molar-refractivity contribution in [3.05, 3.63) is 66.7 Å². The van der Waals surface area contributed by atoms with E-state index >= 15 is 0 Å². The Balaban J connectivity index is 2.74. The number of carbonyl (C=O) groups is 1. The molecule has 2 aromatic rings. The minimum absolute atomic E-state index is 0.303. The third-order valence-corrected chi connectivity index (χ3v) is 8.76. The third kappa shape index (κ3) is 3.34. The van der Waals surface area contributed by atoms with Gasteiger partial charge in [-0.05, 0) is 15.4 Å². The van der Waals surface area contributed by atoms with Crippen molar-refractivity contribution >= 4 is 30.6 Å². The number of carbonyl (C=O) groups excluding carboxylic acids is 2. The molecule has 2 aromatic carbocycles. The van der Waals surface area contributed by atoms with Gasteiger partial charge in [0, 0.05) is 0 Å². The summed E-state index contributed by atoms with van der Waals surface area (Å²) < 4.78 is 6.00. The SMILES string of the molecule is CC(C)(C)[Si](OC(=O)C=C=O)(c1ccccc1)c1ccccc1. The first-order valence-corrected chi connectivity index (χ1v) is 9.37. The van der Waals surface area contributed by atoms with Crippen molar-refractivity contribution in [1.82, 2.24) is 0 Å². The molecule has 0 saturated heterocycles. The average Bonchev–Trinajstić information content (AvgIpc) is 2.53. The van der Waals surface area contributed by atoms with E-state index in [0.717, 1.165) is 16.4 Å². The second-order valence-corrected chi connectivity index (χ2v) is 10.6. The van der Waals surface area contributed by atoms with Gasteiger partial charge in [0.25, 0.3) is 0 Å². The molecule has 3 nitrogen and oxygen atoms in total. The van der Waals surface area contributed by atoms with Crippen LogP contribution in [0.2, 0.25) is 5.04 Å². The normalized spacial score (nSPS) is 11.4. The molecule has 0 radical (unpaired) electrons. The summed E-state index contributed by atoms with van der Waals surface area (Å²) in [6, 6.07) is 19.6. The van der Waals surface area contributed by atoms with Crippen LogP contribution in [0.3, 0.4) is 0 Å². The molecule has 0 aliphatic rings. The molecule has 2 rings (SSSR count). The van der Waals surface area contributed by atoms with Crippen LogP contribution < -0.4 is 10.4 Å². The molecule has 0 bridgehead atoms. The van der Waals surface area contributed by atoms with Gasteiger partial charge in [-0.3, -0.25) is 0 Å². The molecule has 0 atom stereocenters. The first-order chi connectivity index (χ1) is 10.9. The van der Waals surface area contributed by atoms with E-state index in [9.17, 15) is 9.59 Å². The van der Waals surface area contributed by atoms with Crippen LogP contribution in [-0.4, -0.2) is 20.2 Å². The second-order valence-electron chi connectivity index (χ2n) is 6.35. The van der Waals surface area contributed by atoms with Crippen LogP contribution in [0.4, 0.5) is 0 Å². The zero-order valence-corrected chi connectivity index (χ0v) is 14.6. The maximum absolute atomic E-state index is 12.1.